The Morgan fingerprint density at radius 2 is 1.61 bits per heavy atom. The predicted molar refractivity (Wildman–Crippen MR) is 183 cm³/mol. The standard InChI is InChI=1S/C36H35N5O10/c1-17-11-25(42)20-14-23-19(30(31(20)33(17)44)32-26(43)12-18(48-3)13-29(32)51-6)7-10-40-35(46)39(36(47)41(23)40)9-8-21-34(45)38(2)24-16-28(50-5)27(49-4)15-22(24)37-21/h7,11-13,15-16,23,30,43H,8-10,14H2,1-6H3/t23-,30+/m1/s1. The lowest BCUT2D eigenvalue weighted by Gasteiger charge is -2.40. The number of allylic oxidation sites excluding steroid dienone is 6. The van der Waals surface area contributed by atoms with Crippen LogP contribution in [0.1, 0.15) is 36.6 Å². The first-order chi connectivity index (χ1) is 24.4. The van der Waals surface area contributed by atoms with Gasteiger partial charge in [0, 0.05) is 78.9 Å². The van der Waals surface area contributed by atoms with Gasteiger partial charge in [-0.1, -0.05) is 6.08 Å². The third-order valence-corrected chi connectivity index (χ3v) is 9.97. The van der Waals surface area contributed by atoms with E-state index in [4.69, 9.17) is 18.9 Å². The zero-order valence-corrected chi connectivity index (χ0v) is 28.8. The first kappa shape index (κ1) is 33.4. The molecule has 1 N–H and O–H groups in total. The van der Waals surface area contributed by atoms with E-state index in [0.717, 1.165) is 4.57 Å². The number of Topliss-reactive ketones (excluding diaryl/α,β-unsaturated/α-hetero) is 1. The van der Waals surface area contributed by atoms with Crippen molar-refractivity contribution < 1.29 is 33.6 Å². The number of fused-ring (bicyclic) bond motifs is 4. The molecular formula is C36H35N5O10. The van der Waals surface area contributed by atoms with Gasteiger partial charge in [0.15, 0.2) is 23.1 Å². The second-order valence-corrected chi connectivity index (χ2v) is 12.5. The number of aryl methyl sites for hydroxylation is 2. The van der Waals surface area contributed by atoms with Gasteiger partial charge >= 0.3 is 11.4 Å². The summed E-state index contributed by atoms with van der Waals surface area (Å²) in [7, 11) is 7.42. The fraction of sp³-hybridized carbons (Fsp3) is 0.333. The SMILES string of the molecule is COc1cc(O)c([C@H]2C3=CCn4c(=O)n(CCc5nc6cc(OC)c(OC)cc6n(C)c5=O)c(=O)n4[C@@H]3CC3=C2C(=O)C(C)=CC3=O)c(OC)c1. The number of benzene rings is 2. The van der Waals surface area contributed by atoms with Gasteiger partial charge < -0.3 is 28.6 Å². The van der Waals surface area contributed by atoms with E-state index in [1.54, 1.807) is 38.2 Å². The van der Waals surface area contributed by atoms with E-state index < -0.39 is 34.7 Å². The van der Waals surface area contributed by atoms with Crippen LogP contribution in [0.15, 0.2) is 73.1 Å². The number of aromatic nitrogens is 5. The van der Waals surface area contributed by atoms with Gasteiger partial charge in [0.1, 0.15) is 22.9 Å². The van der Waals surface area contributed by atoms with Crippen molar-refractivity contribution in [2.24, 2.45) is 7.05 Å². The zero-order chi connectivity index (χ0) is 36.5. The molecule has 15 nitrogen and oxygen atoms in total. The van der Waals surface area contributed by atoms with Gasteiger partial charge in [-0.3, -0.25) is 14.4 Å². The van der Waals surface area contributed by atoms with Crippen LogP contribution in [0.25, 0.3) is 11.0 Å². The highest BCUT2D eigenvalue weighted by molar-refractivity contribution is 6.23. The quantitative estimate of drug-likeness (QED) is 0.211. The van der Waals surface area contributed by atoms with Crippen LogP contribution in [-0.2, 0) is 36.1 Å². The van der Waals surface area contributed by atoms with Crippen LogP contribution < -0.4 is 35.9 Å². The van der Waals surface area contributed by atoms with Gasteiger partial charge in [0.05, 0.1) is 52.1 Å². The van der Waals surface area contributed by atoms with Crippen molar-refractivity contribution in [2.75, 3.05) is 28.4 Å². The van der Waals surface area contributed by atoms with E-state index in [-0.39, 0.29) is 71.2 Å². The lowest BCUT2D eigenvalue weighted by Crippen LogP contribution is -2.41. The molecule has 2 atom stereocenters. The molecule has 7 rings (SSSR count). The molecular weight excluding hydrogens is 662 g/mol. The summed E-state index contributed by atoms with van der Waals surface area (Å²) in [6.45, 7) is 1.37. The number of phenolic OH excluding ortho intramolecular Hbond substituents is 1. The Morgan fingerprint density at radius 1 is 0.902 bits per heavy atom. The average Bonchev–Trinajstić information content (AvgIpc) is 3.37. The molecule has 0 amide bonds. The fourth-order valence-electron chi connectivity index (χ4n) is 7.46. The average molecular weight is 698 g/mol. The van der Waals surface area contributed by atoms with Crippen molar-refractivity contribution in [1.82, 2.24) is 23.5 Å². The zero-order valence-electron chi connectivity index (χ0n) is 28.8. The van der Waals surface area contributed by atoms with Gasteiger partial charge in [-0.05, 0) is 18.6 Å². The number of nitrogens with zero attached hydrogens (tertiary/aromatic N) is 5. The molecule has 0 saturated carbocycles. The Kier molecular flexibility index (Phi) is 8.07. The van der Waals surface area contributed by atoms with E-state index >= 15 is 0 Å². The summed E-state index contributed by atoms with van der Waals surface area (Å²) in [4.78, 5) is 73.1. The molecule has 264 valence electrons. The van der Waals surface area contributed by atoms with E-state index in [1.165, 1.54) is 54.5 Å². The summed E-state index contributed by atoms with van der Waals surface area (Å²) in [6, 6.07) is 5.40. The second kappa shape index (κ2) is 12.3. The van der Waals surface area contributed by atoms with Crippen LogP contribution in [0.5, 0.6) is 28.7 Å². The molecule has 15 heteroatoms. The highest BCUT2D eigenvalue weighted by Crippen LogP contribution is 2.54. The minimum Gasteiger partial charge on any atom is -0.507 e. The fourth-order valence-corrected chi connectivity index (χ4v) is 7.46. The molecule has 4 aromatic rings. The summed E-state index contributed by atoms with van der Waals surface area (Å²) in [6.07, 6.45) is 2.95. The summed E-state index contributed by atoms with van der Waals surface area (Å²) in [5.41, 5.74) is 0.853. The van der Waals surface area contributed by atoms with E-state index in [1.807, 2.05) is 0 Å². The number of hydrogen-bond donors (Lipinski definition) is 1. The summed E-state index contributed by atoms with van der Waals surface area (Å²) < 4.78 is 26.8. The first-order valence-electron chi connectivity index (χ1n) is 16.1. The number of aromatic hydroxyl groups is 1. The van der Waals surface area contributed by atoms with Gasteiger partial charge in [-0.25, -0.2) is 28.5 Å². The van der Waals surface area contributed by atoms with Crippen LogP contribution in [0.4, 0.5) is 0 Å². The minimum absolute atomic E-state index is 0.0279. The molecule has 0 spiro atoms. The van der Waals surface area contributed by atoms with E-state index in [9.17, 15) is 29.1 Å². The number of ketones is 2. The van der Waals surface area contributed by atoms with Crippen molar-refractivity contribution in [3.8, 4) is 28.7 Å². The maximum absolute atomic E-state index is 14.2. The molecule has 2 aromatic carbocycles. The first-order valence-corrected chi connectivity index (χ1v) is 16.1. The van der Waals surface area contributed by atoms with Crippen molar-refractivity contribution >= 4 is 22.6 Å². The number of methoxy groups -OCH3 is 4. The largest absolute Gasteiger partial charge is 0.507 e. The Bertz CT molecular complexity index is 2470. The third kappa shape index (κ3) is 5.02. The molecule has 51 heavy (non-hydrogen) atoms. The van der Waals surface area contributed by atoms with E-state index in [0.29, 0.717) is 33.9 Å². The molecule has 3 aliphatic rings. The molecule has 0 unspecified atom stereocenters. The van der Waals surface area contributed by atoms with Crippen LogP contribution in [0, 0.1) is 0 Å². The van der Waals surface area contributed by atoms with Gasteiger partial charge in [-0.2, -0.15) is 0 Å². The van der Waals surface area contributed by atoms with Gasteiger partial charge in [0.2, 0.25) is 0 Å². The Labute approximate surface area is 289 Å². The van der Waals surface area contributed by atoms with Crippen LogP contribution in [0.2, 0.25) is 0 Å². The normalized spacial score (nSPS) is 18.2. The minimum atomic E-state index is -0.973. The molecule has 3 heterocycles. The van der Waals surface area contributed by atoms with Gasteiger partial charge in [0.25, 0.3) is 5.56 Å². The third-order valence-electron chi connectivity index (χ3n) is 9.97. The molecule has 0 saturated heterocycles. The molecule has 0 fully saturated rings. The molecule has 2 aromatic heterocycles. The molecule has 0 radical (unpaired) electrons. The van der Waals surface area contributed by atoms with Crippen molar-refractivity contribution in [3.05, 3.63) is 101 Å². The van der Waals surface area contributed by atoms with Crippen molar-refractivity contribution in [3.63, 3.8) is 0 Å². The Balaban J connectivity index is 1.32. The number of rotatable bonds is 8. The summed E-state index contributed by atoms with van der Waals surface area (Å²) in [5.74, 6) is -0.576. The predicted octanol–water partition coefficient (Wildman–Crippen LogP) is 2.10. The van der Waals surface area contributed by atoms with Crippen molar-refractivity contribution in [1.29, 1.82) is 0 Å². The maximum Gasteiger partial charge on any atom is 0.347 e. The van der Waals surface area contributed by atoms with E-state index in [2.05, 4.69) is 4.98 Å². The van der Waals surface area contributed by atoms with Crippen LogP contribution in [-0.4, -0.2) is 68.6 Å². The number of carbonyl (C=O) groups excluding carboxylic acids is 2. The monoisotopic (exact) mass is 697 g/mol. The lowest BCUT2D eigenvalue weighted by atomic mass is 9.67. The molecule has 0 bridgehead atoms. The Morgan fingerprint density at radius 3 is 2.29 bits per heavy atom. The molecule has 2 aliphatic carbocycles. The number of phenols is 1. The van der Waals surface area contributed by atoms with Gasteiger partial charge in [-0.15, -0.1) is 0 Å². The molecule has 1 aliphatic heterocycles. The Hall–Kier alpha value is -6.12. The lowest BCUT2D eigenvalue weighted by molar-refractivity contribution is -0.116. The summed E-state index contributed by atoms with van der Waals surface area (Å²) >= 11 is 0. The number of ether oxygens (including phenoxy) is 4. The van der Waals surface area contributed by atoms with Crippen LogP contribution >= 0.6 is 0 Å². The topological polar surface area (TPSA) is 175 Å². The highest BCUT2D eigenvalue weighted by Gasteiger charge is 2.46. The second-order valence-electron chi connectivity index (χ2n) is 12.5. The van der Waals surface area contributed by atoms with Crippen LogP contribution in [0.3, 0.4) is 0 Å². The summed E-state index contributed by atoms with van der Waals surface area (Å²) in [5, 5.41) is 11.3. The number of hydrogen-bond acceptors (Lipinski definition) is 11. The maximum atomic E-state index is 14.2. The smallest absolute Gasteiger partial charge is 0.347 e. The van der Waals surface area contributed by atoms with Crippen molar-refractivity contribution in [2.45, 2.75) is 44.8 Å². The highest BCUT2D eigenvalue weighted by atomic mass is 16.5. The number of carbonyl (C=O) groups is 2.